The van der Waals surface area contributed by atoms with Gasteiger partial charge in [-0.1, -0.05) is 18.3 Å². The van der Waals surface area contributed by atoms with Crippen molar-refractivity contribution in [3.63, 3.8) is 0 Å². The lowest BCUT2D eigenvalue weighted by Gasteiger charge is -2.19. The highest BCUT2D eigenvalue weighted by molar-refractivity contribution is 7.66. The number of phenolic OH excluding ortho intramolecular Hbond substituents is 1. The molecule has 3 aliphatic rings. The number of benzene rings is 3. The number of aromatic amines is 1. The summed E-state index contributed by atoms with van der Waals surface area (Å²) in [6.45, 7) is -0.668. The molecule has 1 saturated heterocycles. The van der Waals surface area contributed by atoms with E-state index in [1.807, 2.05) is 0 Å². The minimum atomic E-state index is -5.72. The molecule has 2 amide bonds. The van der Waals surface area contributed by atoms with Crippen LogP contribution in [0.25, 0.3) is 33.4 Å². The number of carbonyl (C=O) groups is 3. The standard InChI is InChI=1S/C39H39N4O20P3/c44-24-8-12-28-31(18-24)61-32-19-25(45)9-13-29(32)35(28)30-17-22(7-11-27(30)38(49)50)36(47)41-15-3-1-2-6-33(46)40-16-4-5-23-20-43(39(51)42-37(23)48)34-14-10-26(60-34)21-59-65(55,56)63-66(57,58)62-64(52,53)54/h7-9,11-13,17-20,26,34,44H,1-3,6,10,14-16,21H2,(H,40,46)(H,41,47)(H,49,50)(H,55,56)(H,57,58)(H,42,48,51)(H2,52,53,54)/t26-,34+/m0/s1. The topological polar surface area (TPSA) is 370 Å². The lowest BCUT2D eigenvalue weighted by Crippen LogP contribution is -2.33. The third-order valence-electron chi connectivity index (χ3n) is 9.62. The molecule has 3 heterocycles. The summed E-state index contributed by atoms with van der Waals surface area (Å²) in [6, 6.07) is 12.5. The van der Waals surface area contributed by atoms with Crippen molar-refractivity contribution in [2.24, 2.45) is 0 Å². The van der Waals surface area contributed by atoms with Crippen molar-refractivity contribution in [3.8, 4) is 40.0 Å². The predicted molar refractivity (Wildman–Crippen MR) is 228 cm³/mol. The van der Waals surface area contributed by atoms with E-state index in [-0.39, 0.29) is 83.0 Å². The first-order valence-corrected chi connectivity index (χ1v) is 24.0. The van der Waals surface area contributed by atoms with Crippen LogP contribution >= 0.6 is 23.5 Å². The second-order valence-electron chi connectivity index (χ2n) is 14.4. The molecule has 1 aliphatic carbocycles. The van der Waals surface area contributed by atoms with E-state index in [9.17, 15) is 62.5 Å². The smallest absolute Gasteiger partial charge is 0.490 e. The van der Waals surface area contributed by atoms with Crippen molar-refractivity contribution in [1.29, 1.82) is 0 Å². The first-order chi connectivity index (χ1) is 31.1. The number of hydrogen-bond acceptors (Lipinski definition) is 15. The van der Waals surface area contributed by atoms with Gasteiger partial charge >= 0.3 is 35.1 Å². The highest BCUT2D eigenvalue weighted by Gasteiger charge is 2.41. The molecule has 66 heavy (non-hydrogen) atoms. The highest BCUT2D eigenvalue weighted by Crippen LogP contribution is 2.66. The monoisotopic (exact) mass is 976 g/mol. The number of hydrogen-bond donors (Lipinski definition) is 9. The molecule has 2 unspecified atom stereocenters. The number of carbonyl (C=O) groups excluding carboxylic acids is 2. The average Bonchev–Trinajstić information content (AvgIpc) is 3.70. The Hall–Kier alpha value is -6.05. The molecule has 0 radical (unpaired) electrons. The number of nitrogens with one attached hydrogen (secondary N) is 3. The Morgan fingerprint density at radius 2 is 1.65 bits per heavy atom. The zero-order valence-electron chi connectivity index (χ0n) is 34.0. The molecule has 1 fully saturated rings. The van der Waals surface area contributed by atoms with Gasteiger partial charge in [-0.25, -0.2) is 23.3 Å². The van der Waals surface area contributed by atoms with Crippen LogP contribution in [0.2, 0.25) is 0 Å². The van der Waals surface area contributed by atoms with Gasteiger partial charge in [0.15, 0.2) is 5.43 Å². The van der Waals surface area contributed by atoms with Crippen LogP contribution in [0.3, 0.4) is 0 Å². The van der Waals surface area contributed by atoms with Crippen molar-refractivity contribution in [3.05, 3.63) is 109 Å². The molecule has 3 aromatic rings. The van der Waals surface area contributed by atoms with Crippen LogP contribution < -0.4 is 27.3 Å². The van der Waals surface area contributed by atoms with Crippen molar-refractivity contribution in [2.75, 3.05) is 19.7 Å². The highest BCUT2D eigenvalue weighted by atomic mass is 31.3. The first kappa shape index (κ1) is 49.4. The van der Waals surface area contributed by atoms with Gasteiger partial charge in [-0.05, 0) is 73.7 Å². The quantitative estimate of drug-likeness (QED) is 0.0263. The number of nitrogens with zero attached hydrogens (tertiary/aromatic N) is 1. The molecule has 0 bridgehead atoms. The number of carboxylic acids is 1. The molecule has 2 aliphatic heterocycles. The number of aromatic carboxylic acids is 1. The lowest BCUT2D eigenvalue weighted by molar-refractivity contribution is -0.121. The summed E-state index contributed by atoms with van der Waals surface area (Å²) in [7, 11) is -16.7. The van der Waals surface area contributed by atoms with Crippen LogP contribution in [-0.2, 0) is 36.4 Å². The van der Waals surface area contributed by atoms with E-state index in [2.05, 4.69) is 40.6 Å². The van der Waals surface area contributed by atoms with E-state index < -0.39 is 65.5 Å². The van der Waals surface area contributed by atoms with Crippen LogP contribution in [-0.4, -0.2) is 82.9 Å². The van der Waals surface area contributed by atoms with Crippen molar-refractivity contribution >= 4 is 52.2 Å². The van der Waals surface area contributed by atoms with Crippen LogP contribution in [0, 0.1) is 11.8 Å². The summed E-state index contributed by atoms with van der Waals surface area (Å²) in [5.41, 5.74) is -1.01. The molecular weight excluding hydrogens is 937 g/mol. The number of aromatic hydroxyl groups is 1. The number of ether oxygens (including phenoxy) is 1. The summed E-state index contributed by atoms with van der Waals surface area (Å²) in [4.78, 5) is 113. The molecule has 4 atom stereocenters. The Morgan fingerprint density at radius 3 is 2.39 bits per heavy atom. The molecule has 27 heteroatoms. The SMILES string of the molecule is O=C(CCCCCNC(=O)c1ccc(C(=O)O)c(-c2c3ccc(=O)cc-3oc3cc(O)ccc23)c1)NCC#Cc1cn([C@H]2CC[C@@H](COP(=O)(O)OP(=O)(O)OP(=O)(O)O)O2)c(=O)[nH]c1=O. The number of fused-ring (bicyclic) bond motifs is 2. The number of H-pyrrole nitrogens is 1. The van der Waals surface area contributed by atoms with Gasteiger partial charge in [0.25, 0.3) is 11.5 Å². The number of aromatic nitrogens is 2. The Bertz CT molecular complexity index is 3060. The molecule has 350 valence electrons. The Morgan fingerprint density at radius 1 is 0.879 bits per heavy atom. The molecule has 0 spiro atoms. The van der Waals surface area contributed by atoms with Crippen LogP contribution in [0.5, 0.6) is 5.75 Å². The minimum absolute atomic E-state index is 0.111. The van der Waals surface area contributed by atoms with Gasteiger partial charge < -0.3 is 49.6 Å². The fourth-order valence-electron chi connectivity index (χ4n) is 6.77. The number of phosphoric acid groups is 3. The number of rotatable bonds is 18. The number of amides is 2. The van der Waals surface area contributed by atoms with E-state index in [1.165, 1.54) is 48.5 Å². The second kappa shape index (κ2) is 20.6. The minimum Gasteiger partial charge on any atom is -0.508 e. The molecule has 1 aromatic heterocycles. The van der Waals surface area contributed by atoms with Gasteiger partial charge in [0.2, 0.25) is 5.91 Å². The summed E-state index contributed by atoms with van der Waals surface area (Å²) in [5.74, 6) is 3.11. The normalized spacial score (nSPS) is 16.8. The average molecular weight is 977 g/mol. The van der Waals surface area contributed by atoms with E-state index >= 15 is 0 Å². The third-order valence-corrected chi connectivity index (χ3v) is 13.4. The van der Waals surface area contributed by atoms with Crippen LogP contribution in [0.15, 0.2) is 79.6 Å². The summed E-state index contributed by atoms with van der Waals surface area (Å²) in [6.07, 6.45) is 0.922. The van der Waals surface area contributed by atoms with E-state index in [1.54, 1.807) is 6.07 Å². The third kappa shape index (κ3) is 13.1. The van der Waals surface area contributed by atoms with Gasteiger partial charge in [-0.3, -0.25) is 33.3 Å². The van der Waals surface area contributed by atoms with Crippen LogP contribution in [0.4, 0.5) is 0 Å². The van der Waals surface area contributed by atoms with Gasteiger partial charge in [-0.15, -0.1) is 0 Å². The zero-order valence-corrected chi connectivity index (χ0v) is 36.7. The molecule has 6 rings (SSSR count). The Kier molecular flexibility index (Phi) is 15.4. The number of unbranched alkanes of at least 4 members (excludes halogenated alkanes) is 2. The van der Waals surface area contributed by atoms with Gasteiger partial charge in [0.1, 0.15) is 28.9 Å². The van der Waals surface area contributed by atoms with Crippen molar-refractivity contribution in [2.45, 2.75) is 50.9 Å². The predicted octanol–water partition coefficient (Wildman–Crippen LogP) is 3.30. The van der Waals surface area contributed by atoms with E-state index in [4.69, 9.17) is 18.9 Å². The second-order valence-corrected chi connectivity index (χ2v) is 18.8. The molecule has 0 saturated carbocycles. The van der Waals surface area contributed by atoms with Gasteiger partial charge in [0.05, 0.1) is 24.8 Å². The fourth-order valence-corrected chi connectivity index (χ4v) is 9.82. The molecule has 9 N–H and O–H groups in total. The Labute approximate surface area is 370 Å². The van der Waals surface area contributed by atoms with Crippen molar-refractivity contribution < 1.29 is 80.2 Å². The fraction of sp³-hybridized carbons (Fsp3) is 0.282. The van der Waals surface area contributed by atoms with E-state index in [0.717, 1.165) is 10.8 Å². The van der Waals surface area contributed by atoms with E-state index in [0.29, 0.717) is 35.8 Å². The lowest BCUT2D eigenvalue weighted by atomic mass is 9.89. The van der Waals surface area contributed by atoms with Crippen molar-refractivity contribution in [1.82, 2.24) is 20.2 Å². The number of carboxylic acid groups (broad SMARTS) is 1. The molecule has 24 nitrogen and oxygen atoms in total. The number of phenols is 1. The number of phosphoric ester groups is 1. The maximum Gasteiger partial charge on any atom is 0.490 e. The summed E-state index contributed by atoms with van der Waals surface area (Å²) >= 11 is 0. The molecular formula is C39H39N4O20P3. The van der Waals surface area contributed by atoms with Crippen LogP contribution in [0.1, 0.15) is 71.0 Å². The first-order valence-electron chi connectivity index (χ1n) is 19.5. The maximum absolute atomic E-state index is 13.2. The largest absolute Gasteiger partial charge is 0.508 e. The zero-order chi connectivity index (χ0) is 48.0. The summed E-state index contributed by atoms with van der Waals surface area (Å²) in [5, 5.41) is 26.0. The summed E-state index contributed by atoms with van der Waals surface area (Å²) < 4.78 is 58.7. The van der Waals surface area contributed by atoms with Gasteiger partial charge in [-0.2, -0.15) is 8.62 Å². The molecule has 2 aromatic carbocycles. The van der Waals surface area contributed by atoms with Gasteiger partial charge in [0, 0.05) is 53.4 Å². The Balaban J connectivity index is 0.962. The maximum atomic E-state index is 13.2.